The molecule has 5 N–H and O–H groups in total. The highest BCUT2D eigenvalue weighted by atomic mass is 35.5. The van der Waals surface area contributed by atoms with Gasteiger partial charge in [-0.25, -0.2) is 4.99 Å². The fourth-order valence-electron chi connectivity index (χ4n) is 5.26. The van der Waals surface area contributed by atoms with Crippen molar-refractivity contribution in [2.45, 2.75) is 79.7 Å². The zero-order valence-corrected chi connectivity index (χ0v) is 18.7. The molecule has 0 aromatic carbocycles. The second-order valence-electron chi connectivity index (χ2n) is 8.91. The van der Waals surface area contributed by atoms with Gasteiger partial charge in [-0.3, -0.25) is 4.90 Å². The Kier molecular flexibility index (Phi) is 6.52. The maximum Gasteiger partial charge on any atom is 0.156 e. The number of nitrogens with one attached hydrogen (secondary N) is 2. The van der Waals surface area contributed by atoms with Crippen molar-refractivity contribution in [1.82, 2.24) is 15.6 Å². The van der Waals surface area contributed by atoms with Crippen LogP contribution in [0.1, 0.15) is 32.6 Å². The lowest BCUT2D eigenvalue weighted by Gasteiger charge is -2.37. The van der Waals surface area contributed by atoms with E-state index < -0.39 is 30.1 Å². The van der Waals surface area contributed by atoms with Gasteiger partial charge in [0.15, 0.2) is 5.84 Å². The van der Waals surface area contributed by atoms with E-state index in [4.69, 9.17) is 27.9 Å². The van der Waals surface area contributed by atoms with Crippen LogP contribution in [0.2, 0.25) is 0 Å². The zero-order chi connectivity index (χ0) is 21.6. The standard InChI is InChI=1S/C19H31Cl2N5O4/c1-19(29)14(28)18(26-6-5-10-16(25-22-2)23-8-24-17(10)26)30-15(19)13(27)9-3-4-11(20)12(21)7-9/h8-15,17-18,22,27-29H,3-7H2,1-2H3,(H,23,24,25)/t9?,10?,11?,12?,13-,14+,15-,17?,18-,19+/m1/s1. The van der Waals surface area contributed by atoms with Crippen LogP contribution in [0.5, 0.6) is 0 Å². The Balaban J connectivity index is 1.50. The van der Waals surface area contributed by atoms with E-state index in [0.29, 0.717) is 31.6 Å². The largest absolute Gasteiger partial charge is 0.390 e. The maximum atomic E-state index is 11.1. The summed E-state index contributed by atoms with van der Waals surface area (Å²) in [6.45, 7) is 2.16. The fourth-order valence-corrected chi connectivity index (χ4v) is 5.84. The first-order valence-corrected chi connectivity index (χ1v) is 11.4. The minimum Gasteiger partial charge on any atom is -0.390 e. The van der Waals surface area contributed by atoms with Crippen molar-refractivity contribution in [3.05, 3.63) is 0 Å². The number of aliphatic hydroxyl groups excluding tert-OH is 2. The van der Waals surface area contributed by atoms with Crippen LogP contribution >= 0.6 is 23.2 Å². The monoisotopic (exact) mass is 463 g/mol. The van der Waals surface area contributed by atoms with Gasteiger partial charge in [-0.05, 0) is 38.5 Å². The number of amidine groups is 1. The molecule has 11 heteroatoms. The average molecular weight is 464 g/mol. The van der Waals surface area contributed by atoms with Crippen LogP contribution in [0, 0.1) is 11.8 Å². The van der Waals surface area contributed by atoms with Crippen molar-refractivity contribution in [2.24, 2.45) is 21.9 Å². The summed E-state index contributed by atoms with van der Waals surface area (Å²) in [6.07, 6.45) is 0.321. The van der Waals surface area contributed by atoms with Gasteiger partial charge in [0.1, 0.15) is 24.0 Å². The van der Waals surface area contributed by atoms with Gasteiger partial charge in [0.25, 0.3) is 0 Å². The Bertz CT molecular complexity index is 696. The number of aliphatic hydroxyl groups is 3. The van der Waals surface area contributed by atoms with Gasteiger partial charge in [-0.1, -0.05) is 0 Å². The quantitative estimate of drug-likeness (QED) is 0.294. The molecule has 2 saturated heterocycles. The number of hydrazone groups is 1. The van der Waals surface area contributed by atoms with Crippen molar-refractivity contribution in [3.63, 3.8) is 0 Å². The summed E-state index contributed by atoms with van der Waals surface area (Å²) in [5.41, 5.74) is 1.17. The van der Waals surface area contributed by atoms with Crippen molar-refractivity contribution in [2.75, 3.05) is 13.6 Å². The van der Waals surface area contributed by atoms with Crippen molar-refractivity contribution >= 4 is 35.4 Å². The molecule has 0 aromatic heterocycles. The van der Waals surface area contributed by atoms with Crippen molar-refractivity contribution < 1.29 is 20.1 Å². The van der Waals surface area contributed by atoms with Crippen LogP contribution in [-0.2, 0) is 4.74 Å². The molecule has 0 spiro atoms. The molecule has 0 bridgehead atoms. The summed E-state index contributed by atoms with van der Waals surface area (Å²) in [4.78, 5) is 6.28. The van der Waals surface area contributed by atoms with Crippen LogP contribution in [0.4, 0.5) is 0 Å². The van der Waals surface area contributed by atoms with E-state index in [-0.39, 0.29) is 28.8 Å². The van der Waals surface area contributed by atoms with E-state index in [0.717, 1.165) is 6.42 Å². The first-order chi connectivity index (χ1) is 14.3. The topological polar surface area (TPSA) is 122 Å². The Morgan fingerprint density at radius 3 is 2.83 bits per heavy atom. The number of ether oxygens (including phenoxy) is 1. The Hall–Kier alpha value is -0.680. The maximum absolute atomic E-state index is 11.1. The van der Waals surface area contributed by atoms with Gasteiger partial charge < -0.3 is 30.8 Å². The lowest BCUT2D eigenvalue weighted by molar-refractivity contribution is -0.143. The van der Waals surface area contributed by atoms with Gasteiger partial charge in [0, 0.05) is 19.0 Å². The molecule has 4 rings (SSSR count). The third kappa shape index (κ3) is 3.83. The Morgan fingerprint density at radius 2 is 2.13 bits per heavy atom. The highest BCUT2D eigenvalue weighted by Crippen LogP contribution is 2.42. The number of aliphatic imine (C=N–C) groups is 1. The number of likely N-dealkylation sites (tertiary alicyclic amines) is 1. The summed E-state index contributed by atoms with van der Waals surface area (Å²) in [5, 5.41) is 40.2. The summed E-state index contributed by atoms with van der Waals surface area (Å²) >= 11 is 12.5. The van der Waals surface area contributed by atoms with E-state index in [9.17, 15) is 15.3 Å². The fraction of sp³-hybridized carbons (Fsp3) is 0.895. The lowest BCUT2D eigenvalue weighted by atomic mass is 9.78. The van der Waals surface area contributed by atoms with E-state index in [1.807, 2.05) is 4.90 Å². The SMILES string of the molecule is CN/N=C1/N=CNC2C1CCN2[C@@H]1O[C@H]([C@H](O)C2CCC(Cl)C(Cl)C2)[C@@](C)(O)[C@H]1O. The molecule has 1 saturated carbocycles. The van der Waals surface area contributed by atoms with E-state index in [1.54, 1.807) is 13.4 Å². The average Bonchev–Trinajstić information content (AvgIpc) is 3.24. The predicted octanol–water partition coefficient (Wildman–Crippen LogP) is 0.0114. The molecule has 3 aliphatic heterocycles. The summed E-state index contributed by atoms with van der Waals surface area (Å²) in [6, 6.07) is 0. The third-order valence-corrected chi connectivity index (χ3v) is 8.16. The molecule has 9 nitrogen and oxygen atoms in total. The number of hydrogen-bond acceptors (Lipinski definition) is 8. The molecule has 3 fully saturated rings. The molecule has 170 valence electrons. The highest BCUT2D eigenvalue weighted by molar-refractivity contribution is 6.30. The second kappa shape index (κ2) is 8.69. The molecule has 10 atom stereocenters. The highest BCUT2D eigenvalue weighted by Gasteiger charge is 2.59. The summed E-state index contributed by atoms with van der Waals surface area (Å²) < 4.78 is 6.15. The van der Waals surface area contributed by atoms with Gasteiger partial charge in [0.05, 0.1) is 29.9 Å². The molecule has 5 unspecified atom stereocenters. The third-order valence-electron chi connectivity index (χ3n) is 7.02. The number of fused-ring (bicyclic) bond motifs is 1. The van der Waals surface area contributed by atoms with E-state index in [2.05, 4.69) is 20.8 Å². The van der Waals surface area contributed by atoms with Crippen LogP contribution in [-0.4, -0.2) is 93.0 Å². The molecular formula is C19H31Cl2N5O4. The predicted molar refractivity (Wildman–Crippen MR) is 115 cm³/mol. The number of nitrogens with zero attached hydrogens (tertiary/aromatic N) is 3. The number of hydrogen-bond donors (Lipinski definition) is 5. The summed E-state index contributed by atoms with van der Waals surface area (Å²) in [7, 11) is 1.72. The minimum atomic E-state index is -1.60. The Labute approximate surface area is 186 Å². The minimum absolute atomic E-state index is 0.0307. The first-order valence-electron chi connectivity index (χ1n) is 10.6. The number of rotatable bonds is 4. The smallest absolute Gasteiger partial charge is 0.156 e. The van der Waals surface area contributed by atoms with Crippen molar-refractivity contribution in [3.8, 4) is 0 Å². The van der Waals surface area contributed by atoms with Crippen molar-refractivity contribution in [1.29, 1.82) is 0 Å². The zero-order valence-electron chi connectivity index (χ0n) is 17.2. The second-order valence-corrected chi connectivity index (χ2v) is 10.0. The Morgan fingerprint density at radius 1 is 1.37 bits per heavy atom. The molecule has 4 aliphatic rings. The van der Waals surface area contributed by atoms with Crippen LogP contribution in [0.3, 0.4) is 0 Å². The van der Waals surface area contributed by atoms with Crippen LogP contribution in [0.15, 0.2) is 10.1 Å². The molecular weight excluding hydrogens is 433 g/mol. The molecule has 0 radical (unpaired) electrons. The molecule has 1 aliphatic carbocycles. The normalized spacial score (nSPS) is 49.1. The number of alkyl halides is 2. The van der Waals surface area contributed by atoms with Crippen LogP contribution in [0.25, 0.3) is 0 Å². The summed E-state index contributed by atoms with van der Waals surface area (Å²) in [5.74, 6) is 0.569. The lowest BCUT2D eigenvalue weighted by Crippen LogP contribution is -2.57. The van der Waals surface area contributed by atoms with Gasteiger partial charge in [-0.15, -0.1) is 23.2 Å². The van der Waals surface area contributed by atoms with Gasteiger partial charge >= 0.3 is 0 Å². The molecule has 3 heterocycles. The van der Waals surface area contributed by atoms with E-state index >= 15 is 0 Å². The van der Waals surface area contributed by atoms with E-state index in [1.165, 1.54) is 6.92 Å². The molecule has 0 aromatic rings. The number of halogens is 2. The molecule has 0 amide bonds. The van der Waals surface area contributed by atoms with Crippen LogP contribution < -0.4 is 10.7 Å². The first kappa shape index (κ1) is 22.5. The molecule has 30 heavy (non-hydrogen) atoms. The van der Waals surface area contributed by atoms with Gasteiger partial charge in [0.2, 0.25) is 0 Å². The van der Waals surface area contributed by atoms with Gasteiger partial charge in [-0.2, -0.15) is 5.10 Å².